The molecule has 4 nitrogen and oxygen atoms in total. The van der Waals surface area contributed by atoms with Gasteiger partial charge in [-0.2, -0.15) is 0 Å². The van der Waals surface area contributed by atoms with Crippen LogP contribution in [0.15, 0.2) is 36.5 Å². The molecule has 1 saturated carbocycles. The molecule has 2 aromatic rings. The summed E-state index contributed by atoms with van der Waals surface area (Å²) >= 11 is 0. The molecule has 1 heterocycles. The van der Waals surface area contributed by atoms with Crippen LogP contribution >= 0.6 is 0 Å². The number of amides is 1. The fourth-order valence-corrected chi connectivity index (χ4v) is 3.41. The van der Waals surface area contributed by atoms with Crippen molar-refractivity contribution in [1.82, 2.24) is 9.88 Å². The molecule has 21 heavy (non-hydrogen) atoms. The molecule has 0 spiro atoms. The van der Waals surface area contributed by atoms with Gasteiger partial charge < -0.3 is 10.6 Å². The van der Waals surface area contributed by atoms with Crippen molar-refractivity contribution in [2.45, 2.75) is 25.3 Å². The van der Waals surface area contributed by atoms with Gasteiger partial charge in [0.15, 0.2) is 0 Å². The molecule has 2 N–H and O–H groups in total. The quantitative estimate of drug-likeness (QED) is 0.941. The Balaban J connectivity index is 1.93. The van der Waals surface area contributed by atoms with Crippen LogP contribution in [0.3, 0.4) is 0 Å². The highest BCUT2D eigenvalue weighted by Gasteiger charge is 2.32. The minimum absolute atomic E-state index is 0.00264. The highest BCUT2D eigenvalue weighted by molar-refractivity contribution is 6.05. The number of aromatic nitrogens is 1. The first-order valence-electron chi connectivity index (χ1n) is 7.53. The van der Waals surface area contributed by atoms with E-state index >= 15 is 0 Å². The molecule has 2 unspecified atom stereocenters. The Morgan fingerprint density at radius 3 is 2.95 bits per heavy atom. The van der Waals surface area contributed by atoms with Crippen molar-refractivity contribution < 1.29 is 4.79 Å². The zero-order valence-electron chi connectivity index (χ0n) is 12.3. The predicted molar refractivity (Wildman–Crippen MR) is 84.0 cm³/mol. The first kappa shape index (κ1) is 14.0. The molecule has 0 saturated heterocycles. The SMILES string of the molecule is CN(C(=O)c1nccc2ccccc12)C1CCCC1CN. The monoisotopic (exact) mass is 283 g/mol. The normalized spacial score (nSPS) is 21.6. The lowest BCUT2D eigenvalue weighted by molar-refractivity contribution is 0.0696. The van der Waals surface area contributed by atoms with Crippen molar-refractivity contribution in [2.24, 2.45) is 11.7 Å². The Morgan fingerprint density at radius 2 is 2.14 bits per heavy atom. The smallest absolute Gasteiger partial charge is 0.273 e. The Kier molecular flexibility index (Phi) is 3.88. The first-order valence-corrected chi connectivity index (χ1v) is 7.53. The summed E-state index contributed by atoms with van der Waals surface area (Å²) < 4.78 is 0. The number of nitrogens with two attached hydrogens (primary N) is 1. The number of benzene rings is 1. The largest absolute Gasteiger partial charge is 0.337 e. The Hall–Kier alpha value is -1.94. The molecule has 1 aliphatic carbocycles. The van der Waals surface area contributed by atoms with E-state index < -0.39 is 0 Å². The molecular formula is C17H21N3O. The number of fused-ring (bicyclic) bond motifs is 1. The van der Waals surface area contributed by atoms with Gasteiger partial charge in [0.25, 0.3) is 5.91 Å². The van der Waals surface area contributed by atoms with Crippen LogP contribution in [0.4, 0.5) is 0 Å². The summed E-state index contributed by atoms with van der Waals surface area (Å²) in [6.07, 6.45) is 5.00. The minimum atomic E-state index is -0.00264. The third kappa shape index (κ3) is 2.51. The molecule has 4 heteroatoms. The summed E-state index contributed by atoms with van der Waals surface area (Å²) in [5.41, 5.74) is 6.38. The van der Waals surface area contributed by atoms with Gasteiger partial charge in [-0.1, -0.05) is 30.7 Å². The van der Waals surface area contributed by atoms with Gasteiger partial charge >= 0.3 is 0 Å². The van der Waals surface area contributed by atoms with Crippen molar-refractivity contribution in [3.8, 4) is 0 Å². The molecule has 1 aliphatic rings. The molecule has 1 amide bonds. The second-order valence-corrected chi connectivity index (χ2v) is 5.79. The number of carbonyl (C=O) groups excluding carboxylic acids is 1. The van der Waals surface area contributed by atoms with Crippen LogP contribution in [0.25, 0.3) is 10.8 Å². The number of pyridine rings is 1. The topological polar surface area (TPSA) is 59.2 Å². The van der Waals surface area contributed by atoms with Gasteiger partial charge in [-0.25, -0.2) is 0 Å². The fraction of sp³-hybridized carbons (Fsp3) is 0.412. The predicted octanol–water partition coefficient (Wildman–Crippen LogP) is 2.43. The van der Waals surface area contributed by atoms with E-state index in [-0.39, 0.29) is 11.9 Å². The molecule has 3 rings (SSSR count). The molecule has 0 bridgehead atoms. The third-order valence-electron chi connectivity index (χ3n) is 4.62. The lowest BCUT2D eigenvalue weighted by Crippen LogP contribution is -2.41. The maximum Gasteiger partial charge on any atom is 0.273 e. The van der Waals surface area contributed by atoms with Crippen molar-refractivity contribution >= 4 is 16.7 Å². The van der Waals surface area contributed by atoms with Crippen molar-refractivity contribution in [3.63, 3.8) is 0 Å². The van der Waals surface area contributed by atoms with E-state index in [1.54, 1.807) is 6.20 Å². The van der Waals surface area contributed by atoms with E-state index in [1.807, 2.05) is 42.3 Å². The van der Waals surface area contributed by atoms with Crippen LogP contribution in [0.5, 0.6) is 0 Å². The average molecular weight is 283 g/mol. The Morgan fingerprint density at radius 1 is 1.33 bits per heavy atom. The lowest BCUT2D eigenvalue weighted by atomic mass is 10.0. The van der Waals surface area contributed by atoms with E-state index in [2.05, 4.69) is 4.98 Å². The summed E-state index contributed by atoms with van der Waals surface area (Å²) in [6.45, 7) is 0.644. The van der Waals surface area contributed by atoms with Crippen molar-refractivity contribution in [1.29, 1.82) is 0 Å². The fourth-order valence-electron chi connectivity index (χ4n) is 3.41. The number of rotatable bonds is 3. The average Bonchev–Trinajstić information content (AvgIpc) is 3.01. The number of hydrogen-bond acceptors (Lipinski definition) is 3. The van der Waals surface area contributed by atoms with Crippen LogP contribution in [0.2, 0.25) is 0 Å². The summed E-state index contributed by atoms with van der Waals surface area (Å²) in [6, 6.07) is 10.1. The van der Waals surface area contributed by atoms with Crippen LogP contribution in [-0.4, -0.2) is 35.4 Å². The lowest BCUT2D eigenvalue weighted by Gasteiger charge is -2.29. The minimum Gasteiger partial charge on any atom is -0.337 e. The molecule has 0 aliphatic heterocycles. The maximum atomic E-state index is 12.8. The number of carbonyl (C=O) groups is 1. The maximum absolute atomic E-state index is 12.8. The molecule has 0 radical (unpaired) electrons. The second-order valence-electron chi connectivity index (χ2n) is 5.79. The van der Waals surface area contributed by atoms with Crippen molar-refractivity contribution in [2.75, 3.05) is 13.6 Å². The van der Waals surface area contributed by atoms with Crippen LogP contribution in [0.1, 0.15) is 29.8 Å². The standard InChI is InChI=1S/C17H21N3O/c1-20(15-8-4-6-13(15)11-18)17(21)16-14-7-3-2-5-12(14)9-10-19-16/h2-3,5,7,9-10,13,15H,4,6,8,11,18H2,1H3. The van der Waals surface area contributed by atoms with Gasteiger partial charge in [0.05, 0.1) is 0 Å². The number of nitrogens with zero attached hydrogens (tertiary/aromatic N) is 2. The van der Waals surface area contributed by atoms with E-state index in [0.29, 0.717) is 18.2 Å². The Bertz CT molecular complexity index is 650. The van der Waals surface area contributed by atoms with Crippen LogP contribution in [0, 0.1) is 5.92 Å². The molecule has 1 aromatic heterocycles. The second kappa shape index (κ2) is 5.82. The molecular weight excluding hydrogens is 262 g/mol. The summed E-state index contributed by atoms with van der Waals surface area (Å²) in [5, 5.41) is 1.96. The van der Waals surface area contributed by atoms with E-state index in [9.17, 15) is 4.79 Å². The first-order chi connectivity index (χ1) is 10.2. The third-order valence-corrected chi connectivity index (χ3v) is 4.62. The van der Waals surface area contributed by atoms with Gasteiger partial charge in [-0.05, 0) is 36.8 Å². The highest BCUT2D eigenvalue weighted by atomic mass is 16.2. The zero-order valence-corrected chi connectivity index (χ0v) is 12.3. The van der Waals surface area contributed by atoms with E-state index in [1.165, 1.54) is 0 Å². The van der Waals surface area contributed by atoms with Gasteiger partial charge in [-0.15, -0.1) is 0 Å². The van der Waals surface area contributed by atoms with Gasteiger partial charge in [0.1, 0.15) is 5.69 Å². The molecule has 110 valence electrons. The van der Waals surface area contributed by atoms with Crippen molar-refractivity contribution in [3.05, 3.63) is 42.2 Å². The highest BCUT2D eigenvalue weighted by Crippen LogP contribution is 2.30. The van der Waals surface area contributed by atoms with E-state index in [0.717, 1.165) is 30.0 Å². The molecule has 1 fully saturated rings. The van der Waals surface area contributed by atoms with E-state index in [4.69, 9.17) is 5.73 Å². The van der Waals surface area contributed by atoms with Gasteiger partial charge in [0, 0.05) is 24.7 Å². The summed E-state index contributed by atoms with van der Waals surface area (Å²) in [7, 11) is 1.88. The van der Waals surface area contributed by atoms with Gasteiger partial charge in [-0.3, -0.25) is 9.78 Å². The summed E-state index contributed by atoms with van der Waals surface area (Å²) in [4.78, 5) is 19.0. The number of hydrogen-bond donors (Lipinski definition) is 1. The van der Waals surface area contributed by atoms with Crippen LogP contribution < -0.4 is 5.73 Å². The molecule has 1 aromatic carbocycles. The zero-order chi connectivity index (χ0) is 14.8. The van der Waals surface area contributed by atoms with Gasteiger partial charge in [0.2, 0.25) is 0 Å². The Labute approximate surface area is 125 Å². The molecule has 2 atom stereocenters. The summed E-state index contributed by atoms with van der Waals surface area (Å²) in [5.74, 6) is 0.408. The van der Waals surface area contributed by atoms with Crippen LogP contribution in [-0.2, 0) is 0 Å².